The molecule has 0 radical (unpaired) electrons. The molecule has 1 heterocycles. The van der Waals surface area contributed by atoms with Crippen LogP contribution in [0.5, 0.6) is 0 Å². The molecule has 1 saturated heterocycles. The van der Waals surface area contributed by atoms with Crippen LogP contribution in [-0.4, -0.2) is 57.4 Å². The number of rotatable bonds is 4. The zero-order valence-corrected chi connectivity index (χ0v) is 10.4. The molecule has 0 aromatic heterocycles. The number of hydrogen-bond donors (Lipinski definition) is 3. The first-order valence-electron chi connectivity index (χ1n) is 6.48. The van der Waals surface area contributed by atoms with Crippen molar-refractivity contribution in [3.63, 3.8) is 0 Å². The van der Waals surface area contributed by atoms with E-state index in [1.165, 1.54) is 0 Å². The van der Waals surface area contributed by atoms with E-state index in [0.717, 1.165) is 11.3 Å². The predicted octanol–water partition coefficient (Wildman–Crippen LogP) is -1.49. The van der Waals surface area contributed by atoms with Crippen molar-refractivity contribution in [1.29, 1.82) is 0 Å². The number of nitrogens with zero attached hydrogens (tertiary/aromatic N) is 1. The van der Waals surface area contributed by atoms with Gasteiger partial charge in [-0.05, 0) is 18.3 Å². The molecule has 1 saturated carbocycles. The zero-order valence-electron chi connectivity index (χ0n) is 10.4. The molecule has 19 heavy (non-hydrogen) atoms. The fraction of sp³-hybridized carbons (Fsp3) is 0.692. The summed E-state index contributed by atoms with van der Waals surface area (Å²) in [4.78, 5) is 25.8. The molecule has 4 atom stereocenters. The lowest BCUT2D eigenvalue weighted by atomic mass is 9.85. The maximum absolute atomic E-state index is 12.4. The molecular formula is C13H17NO5. The summed E-state index contributed by atoms with van der Waals surface area (Å²) in [6, 6.07) is 0. The highest BCUT2D eigenvalue weighted by atomic mass is 16.3. The minimum Gasteiger partial charge on any atom is -0.394 e. The molecule has 3 aliphatic rings. The smallest absolute Gasteiger partial charge is 0.234 e. The third-order valence-electron chi connectivity index (χ3n) is 4.83. The number of aliphatic hydroxyl groups excluding tert-OH is 3. The molecule has 2 bridgehead atoms. The van der Waals surface area contributed by atoms with Crippen LogP contribution in [0.2, 0.25) is 0 Å². The van der Waals surface area contributed by atoms with Crippen LogP contribution in [0.15, 0.2) is 12.2 Å². The van der Waals surface area contributed by atoms with Crippen LogP contribution in [0, 0.1) is 23.7 Å². The van der Waals surface area contributed by atoms with Crippen molar-refractivity contribution in [2.24, 2.45) is 23.7 Å². The van der Waals surface area contributed by atoms with E-state index < -0.39 is 25.4 Å². The van der Waals surface area contributed by atoms with Gasteiger partial charge >= 0.3 is 0 Å². The van der Waals surface area contributed by atoms with E-state index in [2.05, 4.69) is 0 Å². The van der Waals surface area contributed by atoms with Gasteiger partial charge < -0.3 is 15.3 Å². The van der Waals surface area contributed by atoms with Gasteiger partial charge in [0.25, 0.3) is 0 Å². The van der Waals surface area contributed by atoms with Crippen LogP contribution < -0.4 is 0 Å². The SMILES string of the molecule is O=C1[C@@H]2C3C=CC(C3)[C@@H]2C(=O)N1C(CO)(CO)CO. The van der Waals surface area contributed by atoms with Crippen LogP contribution in [0.25, 0.3) is 0 Å². The topological polar surface area (TPSA) is 98.1 Å². The van der Waals surface area contributed by atoms with Crippen LogP contribution >= 0.6 is 0 Å². The van der Waals surface area contributed by atoms with Gasteiger partial charge in [0.05, 0.1) is 31.7 Å². The van der Waals surface area contributed by atoms with Gasteiger partial charge in [0.1, 0.15) is 5.54 Å². The first-order valence-corrected chi connectivity index (χ1v) is 6.48. The summed E-state index contributed by atoms with van der Waals surface area (Å²) >= 11 is 0. The van der Waals surface area contributed by atoms with Crippen LogP contribution in [0.1, 0.15) is 6.42 Å². The van der Waals surface area contributed by atoms with Crippen molar-refractivity contribution in [3.8, 4) is 0 Å². The highest BCUT2D eigenvalue weighted by Crippen LogP contribution is 2.53. The van der Waals surface area contributed by atoms with E-state index in [0.29, 0.717) is 0 Å². The molecule has 6 nitrogen and oxygen atoms in total. The Hall–Kier alpha value is -1.24. The van der Waals surface area contributed by atoms with Crippen molar-refractivity contribution in [2.75, 3.05) is 19.8 Å². The van der Waals surface area contributed by atoms with Crippen LogP contribution in [0.4, 0.5) is 0 Å². The monoisotopic (exact) mass is 267 g/mol. The largest absolute Gasteiger partial charge is 0.394 e. The lowest BCUT2D eigenvalue weighted by Crippen LogP contribution is -2.60. The van der Waals surface area contributed by atoms with E-state index in [-0.39, 0.29) is 35.5 Å². The summed E-state index contributed by atoms with van der Waals surface area (Å²) in [5.41, 5.74) is -1.59. The molecule has 0 aromatic carbocycles. The average molecular weight is 267 g/mol. The second-order valence-corrected chi connectivity index (χ2v) is 5.71. The fourth-order valence-electron chi connectivity index (χ4n) is 3.73. The molecule has 0 spiro atoms. The summed E-state index contributed by atoms with van der Waals surface area (Å²) < 4.78 is 0. The second kappa shape index (κ2) is 4.13. The fourth-order valence-corrected chi connectivity index (χ4v) is 3.73. The molecule has 3 rings (SSSR count). The number of allylic oxidation sites excluding steroid dienone is 2. The van der Waals surface area contributed by atoms with E-state index >= 15 is 0 Å². The van der Waals surface area contributed by atoms with Crippen LogP contribution in [0.3, 0.4) is 0 Å². The first kappa shape index (κ1) is 12.8. The standard InChI is InChI=1S/C13H17NO5/c15-4-13(5-16,6-17)14-11(18)9-7-1-2-8(3-7)10(9)12(14)19/h1-2,7-10,15-17H,3-6H2/t7?,8?,9-,10+. The Bertz CT molecular complexity index is 418. The predicted molar refractivity (Wildman–Crippen MR) is 63.6 cm³/mol. The average Bonchev–Trinajstić information content (AvgIpc) is 3.09. The summed E-state index contributed by atoms with van der Waals surface area (Å²) in [5, 5.41) is 28.2. The van der Waals surface area contributed by atoms with Gasteiger partial charge in [0.15, 0.2) is 0 Å². The number of hydrogen-bond acceptors (Lipinski definition) is 5. The molecule has 2 amide bonds. The quantitative estimate of drug-likeness (QED) is 0.426. The Morgan fingerprint density at radius 2 is 1.42 bits per heavy atom. The van der Waals surface area contributed by atoms with Gasteiger partial charge in [-0.2, -0.15) is 0 Å². The van der Waals surface area contributed by atoms with E-state index in [1.54, 1.807) is 0 Å². The maximum atomic E-state index is 12.4. The number of carbonyl (C=O) groups excluding carboxylic acids is 2. The Labute approximate surface area is 110 Å². The number of amides is 2. The minimum atomic E-state index is -1.59. The van der Waals surface area contributed by atoms with Crippen LogP contribution in [-0.2, 0) is 9.59 Å². The zero-order chi connectivity index (χ0) is 13.8. The van der Waals surface area contributed by atoms with E-state index in [9.17, 15) is 24.9 Å². The van der Waals surface area contributed by atoms with Gasteiger partial charge in [-0.25, -0.2) is 0 Å². The Balaban J connectivity index is 1.98. The molecule has 2 fully saturated rings. The number of imide groups is 1. The number of fused-ring (bicyclic) bond motifs is 5. The minimum absolute atomic E-state index is 0.0743. The Morgan fingerprint density at radius 3 is 1.79 bits per heavy atom. The van der Waals surface area contributed by atoms with E-state index in [4.69, 9.17) is 0 Å². The number of likely N-dealkylation sites (tertiary alicyclic amines) is 1. The number of aliphatic hydroxyl groups is 3. The third kappa shape index (κ3) is 1.42. The molecule has 2 unspecified atom stereocenters. The summed E-state index contributed by atoms with van der Waals surface area (Å²) in [6.45, 7) is -1.92. The molecule has 1 aliphatic heterocycles. The molecular weight excluding hydrogens is 250 g/mol. The summed E-state index contributed by atoms with van der Waals surface area (Å²) in [7, 11) is 0. The Kier molecular flexibility index (Phi) is 2.78. The van der Waals surface area contributed by atoms with Gasteiger partial charge in [-0.3, -0.25) is 14.5 Å². The molecule has 6 heteroatoms. The van der Waals surface area contributed by atoms with E-state index in [1.807, 2.05) is 12.2 Å². The van der Waals surface area contributed by atoms with Gasteiger partial charge in [0, 0.05) is 0 Å². The van der Waals surface area contributed by atoms with Gasteiger partial charge in [-0.15, -0.1) is 0 Å². The Morgan fingerprint density at radius 1 is 1.00 bits per heavy atom. The number of carbonyl (C=O) groups is 2. The van der Waals surface area contributed by atoms with Crippen molar-refractivity contribution in [1.82, 2.24) is 4.90 Å². The van der Waals surface area contributed by atoms with Gasteiger partial charge in [-0.1, -0.05) is 12.2 Å². The summed E-state index contributed by atoms with van der Waals surface area (Å²) in [6.07, 6.45) is 4.77. The van der Waals surface area contributed by atoms with Crippen molar-refractivity contribution >= 4 is 11.8 Å². The molecule has 2 aliphatic carbocycles. The van der Waals surface area contributed by atoms with Crippen molar-refractivity contribution < 1.29 is 24.9 Å². The lowest BCUT2D eigenvalue weighted by molar-refractivity contribution is -0.155. The second-order valence-electron chi connectivity index (χ2n) is 5.71. The summed E-state index contributed by atoms with van der Waals surface area (Å²) in [5.74, 6) is -1.36. The maximum Gasteiger partial charge on any atom is 0.234 e. The van der Waals surface area contributed by atoms with Crippen molar-refractivity contribution in [2.45, 2.75) is 12.0 Å². The molecule has 0 aromatic rings. The molecule has 3 N–H and O–H groups in total. The normalized spacial score (nSPS) is 36.5. The third-order valence-corrected chi connectivity index (χ3v) is 4.83. The van der Waals surface area contributed by atoms with Crippen molar-refractivity contribution in [3.05, 3.63) is 12.2 Å². The van der Waals surface area contributed by atoms with Gasteiger partial charge in [0.2, 0.25) is 11.8 Å². The first-order chi connectivity index (χ1) is 9.09. The highest BCUT2D eigenvalue weighted by molar-refractivity contribution is 6.07. The highest BCUT2D eigenvalue weighted by Gasteiger charge is 2.62. The lowest BCUT2D eigenvalue weighted by Gasteiger charge is -2.36. The molecule has 104 valence electrons.